The second-order valence-electron chi connectivity index (χ2n) is 6.60. The van der Waals surface area contributed by atoms with Crippen molar-refractivity contribution in [3.63, 3.8) is 0 Å². The first-order valence-electron chi connectivity index (χ1n) is 9.66. The van der Waals surface area contributed by atoms with Crippen LogP contribution in [0.1, 0.15) is 44.6 Å². The smallest absolute Gasteiger partial charge is 0.119 e. The highest BCUT2D eigenvalue weighted by molar-refractivity contribution is 6.30. The van der Waals surface area contributed by atoms with E-state index in [0.717, 1.165) is 48.3 Å². The molecule has 0 spiro atoms. The van der Waals surface area contributed by atoms with Gasteiger partial charge in [-0.1, -0.05) is 50.3 Å². The molecule has 0 fully saturated rings. The SMILES string of the molecule is CCCCCCCOc1ccc(NCCNc2cc(Cl)ccc2C)cc1. The van der Waals surface area contributed by atoms with Gasteiger partial charge in [0.25, 0.3) is 0 Å². The van der Waals surface area contributed by atoms with Crippen LogP contribution in [0.3, 0.4) is 0 Å². The van der Waals surface area contributed by atoms with Gasteiger partial charge in [-0.3, -0.25) is 0 Å². The molecule has 0 aliphatic heterocycles. The summed E-state index contributed by atoms with van der Waals surface area (Å²) in [6, 6.07) is 14.1. The first-order chi connectivity index (χ1) is 12.7. The third-order valence-corrected chi connectivity index (χ3v) is 4.58. The van der Waals surface area contributed by atoms with E-state index in [4.69, 9.17) is 16.3 Å². The van der Waals surface area contributed by atoms with Crippen molar-refractivity contribution in [2.45, 2.75) is 46.0 Å². The summed E-state index contributed by atoms with van der Waals surface area (Å²) < 4.78 is 5.80. The van der Waals surface area contributed by atoms with Crippen LogP contribution >= 0.6 is 11.6 Å². The van der Waals surface area contributed by atoms with Gasteiger partial charge in [0.05, 0.1) is 6.61 Å². The summed E-state index contributed by atoms with van der Waals surface area (Å²) in [7, 11) is 0. The standard InChI is InChI=1S/C22H31ClN2O/c1-3-4-5-6-7-16-26-21-12-10-20(11-13-21)24-14-15-25-22-17-19(23)9-8-18(22)2/h8-13,17,24-25H,3-7,14-16H2,1-2H3. The number of unbranched alkanes of at least 4 members (excludes halogenated alkanes) is 4. The fourth-order valence-electron chi connectivity index (χ4n) is 2.75. The first kappa shape index (κ1) is 20.4. The second kappa shape index (κ2) is 11.7. The van der Waals surface area contributed by atoms with Crippen LogP contribution in [-0.4, -0.2) is 19.7 Å². The molecule has 142 valence electrons. The Morgan fingerprint density at radius 1 is 0.885 bits per heavy atom. The molecule has 0 heterocycles. The van der Waals surface area contributed by atoms with Crippen LogP contribution in [0.2, 0.25) is 5.02 Å². The maximum absolute atomic E-state index is 6.04. The Labute approximate surface area is 163 Å². The fraction of sp³-hybridized carbons (Fsp3) is 0.455. The van der Waals surface area contributed by atoms with Crippen LogP contribution < -0.4 is 15.4 Å². The number of hydrogen-bond donors (Lipinski definition) is 2. The molecule has 0 unspecified atom stereocenters. The van der Waals surface area contributed by atoms with Gasteiger partial charge in [-0.25, -0.2) is 0 Å². The van der Waals surface area contributed by atoms with Crippen molar-refractivity contribution in [2.75, 3.05) is 30.3 Å². The summed E-state index contributed by atoms with van der Waals surface area (Å²) >= 11 is 6.04. The van der Waals surface area contributed by atoms with Crippen molar-refractivity contribution in [2.24, 2.45) is 0 Å². The quantitative estimate of drug-likeness (QED) is 0.415. The summed E-state index contributed by atoms with van der Waals surface area (Å²) in [6.07, 6.45) is 6.31. The third-order valence-electron chi connectivity index (χ3n) is 4.34. The number of aryl methyl sites for hydroxylation is 1. The zero-order valence-corrected chi connectivity index (χ0v) is 16.7. The average Bonchev–Trinajstić information content (AvgIpc) is 2.65. The lowest BCUT2D eigenvalue weighted by Crippen LogP contribution is -2.14. The van der Waals surface area contributed by atoms with Gasteiger partial charge in [-0.05, 0) is 55.3 Å². The summed E-state index contributed by atoms with van der Waals surface area (Å²) in [6.45, 7) is 6.79. The summed E-state index contributed by atoms with van der Waals surface area (Å²) in [5.74, 6) is 0.943. The second-order valence-corrected chi connectivity index (χ2v) is 7.04. The van der Waals surface area contributed by atoms with Gasteiger partial charge >= 0.3 is 0 Å². The average molecular weight is 375 g/mol. The van der Waals surface area contributed by atoms with E-state index < -0.39 is 0 Å². The highest BCUT2D eigenvalue weighted by Gasteiger charge is 1.99. The minimum absolute atomic E-state index is 0.756. The Balaban J connectivity index is 1.63. The Hall–Kier alpha value is -1.87. The molecule has 0 radical (unpaired) electrons. The first-order valence-corrected chi connectivity index (χ1v) is 10.0. The normalized spacial score (nSPS) is 10.6. The molecule has 2 N–H and O–H groups in total. The van der Waals surface area contributed by atoms with Gasteiger partial charge in [-0.2, -0.15) is 0 Å². The molecular formula is C22H31ClN2O. The molecule has 3 nitrogen and oxygen atoms in total. The maximum Gasteiger partial charge on any atom is 0.119 e. The van der Waals surface area contributed by atoms with Gasteiger partial charge in [0.15, 0.2) is 0 Å². The highest BCUT2D eigenvalue weighted by atomic mass is 35.5. The van der Waals surface area contributed by atoms with Gasteiger partial charge in [0.2, 0.25) is 0 Å². The van der Waals surface area contributed by atoms with E-state index in [1.165, 1.54) is 31.2 Å². The Morgan fingerprint density at radius 3 is 2.38 bits per heavy atom. The zero-order chi connectivity index (χ0) is 18.6. The van der Waals surface area contributed by atoms with E-state index >= 15 is 0 Å². The molecule has 2 aromatic rings. The Bertz CT molecular complexity index is 643. The largest absolute Gasteiger partial charge is 0.494 e. The molecule has 26 heavy (non-hydrogen) atoms. The number of nitrogens with one attached hydrogen (secondary N) is 2. The molecule has 4 heteroatoms. The van der Waals surface area contributed by atoms with Crippen LogP contribution in [0.15, 0.2) is 42.5 Å². The van der Waals surface area contributed by atoms with Crippen molar-refractivity contribution >= 4 is 23.0 Å². The molecule has 0 saturated heterocycles. The number of benzene rings is 2. The predicted molar refractivity (Wildman–Crippen MR) is 114 cm³/mol. The molecule has 0 amide bonds. The Morgan fingerprint density at radius 2 is 1.62 bits per heavy atom. The Kier molecular flexibility index (Phi) is 9.19. The summed E-state index contributed by atoms with van der Waals surface area (Å²) in [4.78, 5) is 0. The number of rotatable bonds is 12. The molecule has 2 rings (SSSR count). The van der Waals surface area contributed by atoms with Crippen LogP contribution in [0.4, 0.5) is 11.4 Å². The van der Waals surface area contributed by atoms with Crippen molar-refractivity contribution in [3.8, 4) is 5.75 Å². The van der Waals surface area contributed by atoms with Gasteiger partial charge < -0.3 is 15.4 Å². The minimum atomic E-state index is 0.756. The lowest BCUT2D eigenvalue weighted by Gasteiger charge is -2.12. The van der Waals surface area contributed by atoms with Crippen LogP contribution in [0, 0.1) is 6.92 Å². The monoisotopic (exact) mass is 374 g/mol. The topological polar surface area (TPSA) is 33.3 Å². The summed E-state index contributed by atoms with van der Waals surface area (Å²) in [5.41, 5.74) is 3.39. The van der Waals surface area contributed by atoms with Crippen molar-refractivity contribution < 1.29 is 4.74 Å². The lowest BCUT2D eigenvalue weighted by atomic mass is 10.2. The lowest BCUT2D eigenvalue weighted by molar-refractivity contribution is 0.304. The third kappa shape index (κ3) is 7.57. The van der Waals surface area contributed by atoms with Gasteiger partial charge in [0.1, 0.15) is 5.75 Å². The van der Waals surface area contributed by atoms with Gasteiger partial charge in [-0.15, -0.1) is 0 Å². The van der Waals surface area contributed by atoms with Crippen molar-refractivity contribution in [3.05, 3.63) is 53.1 Å². The van der Waals surface area contributed by atoms with E-state index in [1.54, 1.807) is 0 Å². The zero-order valence-electron chi connectivity index (χ0n) is 16.0. The minimum Gasteiger partial charge on any atom is -0.494 e. The molecule has 0 aliphatic carbocycles. The fourth-order valence-corrected chi connectivity index (χ4v) is 2.93. The van der Waals surface area contributed by atoms with Crippen molar-refractivity contribution in [1.29, 1.82) is 0 Å². The van der Waals surface area contributed by atoms with Crippen LogP contribution in [0.25, 0.3) is 0 Å². The molecule has 2 aromatic carbocycles. The van der Waals surface area contributed by atoms with Crippen molar-refractivity contribution in [1.82, 2.24) is 0 Å². The molecule has 0 atom stereocenters. The van der Waals surface area contributed by atoms with E-state index in [9.17, 15) is 0 Å². The van der Waals surface area contributed by atoms with Crippen LogP contribution in [0.5, 0.6) is 5.75 Å². The van der Waals surface area contributed by atoms with E-state index in [-0.39, 0.29) is 0 Å². The molecule has 0 aromatic heterocycles. The molecule has 0 aliphatic rings. The van der Waals surface area contributed by atoms with Gasteiger partial charge in [0, 0.05) is 29.5 Å². The molecule has 0 saturated carbocycles. The number of anilines is 2. The van der Waals surface area contributed by atoms with E-state index in [1.807, 2.05) is 30.3 Å². The summed E-state index contributed by atoms with van der Waals surface area (Å²) in [5, 5.41) is 7.58. The highest BCUT2D eigenvalue weighted by Crippen LogP contribution is 2.20. The molecule has 0 bridgehead atoms. The van der Waals surface area contributed by atoms with Crippen LogP contribution in [-0.2, 0) is 0 Å². The van der Waals surface area contributed by atoms with E-state index in [2.05, 4.69) is 36.6 Å². The number of ether oxygens (including phenoxy) is 1. The number of hydrogen-bond acceptors (Lipinski definition) is 3. The molecular weight excluding hydrogens is 344 g/mol. The van der Waals surface area contributed by atoms with E-state index in [0.29, 0.717) is 0 Å². The number of halogens is 1. The predicted octanol–water partition coefficient (Wildman–Crippen LogP) is 6.52. The maximum atomic E-state index is 6.04.